The van der Waals surface area contributed by atoms with Crippen molar-refractivity contribution < 1.29 is 23.5 Å². The highest BCUT2D eigenvalue weighted by Gasteiger charge is 2.47. The van der Waals surface area contributed by atoms with E-state index in [0.29, 0.717) is 29.4 Å². The molecule has 0 saturated carbocycles. The maximum Gasteiger partial charge on any atom is 0.236 e. The number of rotatable bonds is 12. The molecule has 3 heterocycles. The maximum absolute atomic E-state index is 14.5. The van der Waals surface area contributed by atoms with Crippen molar-refractivity contribution in [1.29, 1.82) is 0 Å². The summed E-state index contributed by atoms with van der Waals surface area (Å²) in [7, 11) is 3.22. The van der Waals surface area contributed by atoms with Crippen LogP contribution in [-0.2, 0) is 29.0 Å². The summed E-state index contributed by atoms with van der Waals surface area (Å²) in [5.41, 5.74) is 4.60. The number of amides is 2. The zero-order valence-electron chi connectivity index (χ0n) is 26.4. The summed E-state index contributed by atoms with van der Waals surface area (Å²) in [5.74, 6) is 0.751. The van der Waals surface area contributed by atoms with Gasteiger partial charge in [-0.15, -0.1) is 0 Å². The van der Waals surface area contributed by atoms with Gasteiger partial charge < -0.3 is 24.5 Å². The first kappa shape index (κ1) is 31.5. The number of pyridine rings is 2. The molecule has 0 unspecified atom stereocenters. The van der Waals surface area contributed by atoms with E-state index in [1.807, 2.05) is 65.8 Å². The first-order chi connectivity index (χ1) is 20.5. The van der Waals surface area contributed by atoms with Gasteiger partial charge in [0.25, 0.3) is 0 Å². The number of fused-ring (bicyclic) bond motifs is 1. The third kappa shape index (κ3) is 6.66. The normalized spacial score (nSPS) is 11.6. The molecule has 0 aliphatic heterocycles. The molecule has 0 aliphatic rings. The average Bonchev–Trinajstić information content (AvgIpc) is 3.45. The van der Waals surface area contributed by atoms with Gasteiger partial charge in [0, 0.05) is 77.4 Å². The Kier molecular flexibility index (Phi) is 9.73. The number of methoxy groups -OCH3 is 2. The maximum atomic E-state index is 14.5. The fraction of sp³-hybridized carbons (Fsp3) is 0.412. The lowest BCUT2D eigenvalue weighted by Gasteiger charge is -2.32. The number of furan rings is 1. The Balaban J connectivity index is 1.83. The van der Waals surface area contributed by atoms with Gasteiger partial charge >= 0.3 is 0 Å². The number of aryl methyl sites for hydroxylation is 2. The van der Waals surface area contributed by atoms with Crippen molar-refractivity contribution in [3.05, 3.63) is 82.1 Å². The standard InChI is InChI=1S/C34H42N4O5/c1-20(2)16-37-32(39)34(14-27-23(5)30(41-7)21(3)17-35-27,15-28-24(6)31(42-8)22(4)18-36-28)33(40)38-19-25-9-10-29-26(13-25)11-12-43-29/h9-13,17-18,20H,14-16,19H2,1-8H3,(H,37,39)(H,38,40). The third-order valence-corrected chi connectivity index (χ3v) is 7.95. The van der Waals surface area contributed by atoms with E-state index in [4.69, 9.17) is 23.9 Å². The number of nitrogens with zero attached hydrogens (tertiary/aromatic N) is 2. The molecule has 0 radical (unpaired) electrons. The molecule has 3 aromatic heterocycles. The first-order valence-corrected chi connectivity index (χ1v) is 14.5. The van der Waals surface area contributed by atoms with E-state index in [2.05, 4.69) is 10.6 Å². The van der Waals surface area contributed by atoms with Crippen LogP contribution in [0.25, 0.3) is 11.0 Å². The number of carbonyl (C=O) groups excluding carboxylic acids is 2. The summed E-state index contributed by atoms with van der Waals surface area (Å²) in [6.07, 6.45) is 5.16. The van der Waals surface area contributed by atoms with Crippen molar-refractivity contribution in [3.8, 4) is 11.5 Å². The molecule has 2 N–H and O–H groups in total. The van der Waals surface area contributed by atoms with Crippen molar-refractivity contribution in [1.82, 2.24) is 20.6 Å². The minimum atomic E-state index is -1.58. The summed E-state index contributed by atoms with van der Waals surface area (Å²) in [5, 5.41) is 7.06. The smallest absolute Gasteiger partial charge is 0.236 e. The first-order valence-electron chi connectivity index (χ1n) is 14.5. The molecule has 0 atom stereocenters. The van der Waals surface area contributed by atoms with Crippen LogP contribution in [0.5, 0.6) is 11.5 Å². The molecule has 1 aromatic carbocycles. The highest BCUT2D eigenvalue weighted by molar-refractivity contribution is 6.05. The van der Waals surface area contributed by atoms with E-state index in [1.165, 1.54) is 0 Å². The molecule has 4 aromatic rings. The Hall–Kier alpha value is -4.40. The molecule has 0 aliphatic carbocycles. The van der Waals surface area contributed by atoms with E-state index < -0.39 is 11.3 Å². The Morgan fingerprint density at radius 1 is 0.860 bits per heavy atom. The van der Waals surface area contributed by atoms with Crippen molar-refractivity contribution in [3.63, 3.8) is 0 Å². The predicted octanol–water partition coefficient (Wildman–Crippen LogP) is 5.33. The third-order valence-electron chi connectivity index (χ3n) is 7.95. The second-order valence-electron chi connectivity index (χ2n) is 11.6. The van der Waals surface area contributed by atoms with Gasteiger partial charge in [0.15, 0.2) is 0 Å². The number of ether oxygens (including phenoxy) is 2. The van der Waals surface area contributed by atoms with Crippen LogP contribution in [0.3, 0.4) is 0 Å². The van der Waals surface area contributed by atoms with Crippen LogP contribution < -0.4 is 20.1 Å². The van der Waals surface area contributed by atoms with Crippen LogP contribution in [-0.4, -0.2) is 42.5 Å². The fourth-order valence-electron chi connectivity index (χ4n) is 5.50. The number of aromatic nitrogens is 2. The Bertz CT molecular complexity index is 1560. The van der Waals surface area contributed by atoms with Crippen molar-refractivity contribution in [2.45, 2.75) is 60.9 Å². The van der Waals surface area contributed by atoms with Gasteiger partial charge in [-0.3, -0.25) is 19.6 Å². The van der Waals surface area contributed by atoms with Gasteiger partial charge in [0.2, 0.25) is 11.8 Å². The minimum Gasteiger partial charge on any atom is -0.496 e. The number of hydrogen-bond donors (Lipinski definition) is 2. The van der Waals surface area contributed by atoms with Gasteiger partial charge in [0.05, 0.1) is 20.5 Å². The largest absolute Gasteiger partial charge is 0.496 e. The molecule has 228 valence electrons. The molecular formula is C34H42N4O5. The second-order valence-corrected chi connectivity index (χ2v) is 11.6. The van der Waals surface area contributed by atoms with Gasteiger partial charge in [-0.2, -0.15) is 0 Å². The summed E-state index contributed by atoms with van der Waals surface area (Å²) < 4.78 is 16.8. The lowest BCUT2D eigenvalue weighted by molar-refractivity contribution is -0.144. The zero-order valence-corrected chi connectivity index (χ0v) is 26.4. The molecule has 43 heavy (non-hydrogen) atoms. The molecule has 9 nitrogen and oxygen atoms in total. The van der Waals surface area contributed by atoms with Crippen molar-refractivity contribution >= 4 is 22.8 Å². The van der Waals surface area contributed by atoms with Crippen LogP contribution in [0.2, 0.25) is 0 Å². The number of hydrogen-bond acceptors (Lipinski definition) is 7. The monoisotopic (exact) mass is 586 g/mol. The average molecular weight is 587 g/mol. The SMILES string of the molecule is COc1c(C)cnc(CC(Cc2ncc(C)c(OC)c2C)(C(=O)NCc2ccc3occc3c2)C(=O)NCC(C)C)c1C. The molecule has 0 fully saturated rings. The summed E-state index contributed by atoms with van der Waals surface area (Å²) >= 11 is 0. The molecular weight excluding hydrogens is 544 g/mol. The molecule has 9 heteroatoms. The quantitative estimate of drug-likeness (QED) is 0.216. The van der Waals surface area contributed by atoms with E-state index in [9.17, 15) is 9.59 Å². The Morgan fingerprint density at radius 2 is 1.42 bits per heavy atom. The van der Waals surface area contributed by atoms with Crippen LogP contribution in [0.15, 0.2) is 47.3 Å². The van der Waals surface area contributed by atoms with Crippen LogP contribution in [0, 0.1) is 39.0 Å². The molecule has 2 amide bonds. The van der Waals surface area contributed by atoms with Gasteiger partial charge in [0.1, 0.15) is 22.5 Å². The summed E-state index contributed by atoms with van der Waals surface area (Å²) in [6, 6.07) is 7.62. The minimum absolute atomic E-state index is 0.0450. The van der Waals surface area contributed by atoms with Gasteiger partial charge in [-0.25, -0.2) is 0 Å². The van der Waals surface area contributed by atoms with E-state index in [0.717, 1.165) is 38.8 Å². The van der Waals surface area contributed by atoms with E-state index in [1.54, 1.807) is 32.9 Å². The molecule has 4 rings (SSSR count). The second kappa shape index (κ2) is 13.3. The Labute approximate surface area is 253 Å². The molecule has 0 bridgehead atoms. The number of nitrogens with one attached hydrogen (secondary N) is 2. The van der Waals surface area contributed by atoms with Crippen LogP contribution in [0.1, 0.15) is 53.1 Å². The number of carbonyl (C=O) groups is 2. The predicted molar refractivity (Wildman–Crippen MR) is 166 cm³/mol. The summed E-state index contributed by atoms with van der Waals surface area (Å²) in [6.45, 7) is 12.3. The number of benzene rings is 1. The van der Waals surface area contributed by atoms with Gasteiger partial charge in [-0.05, 0) is 57.4 Å². The van der Waals surface area contributed by atoms with E-state index in [-0.39, 0.29) is 31.2 Å². The zero-order chi connectivity index (χ0) is 31.3. The van der Waals surface area contributed by atoms with Crippen molar-refractivity contribution in [2.75, 3.05) is 20.8 Å². The summed E-state index contributed by atoms with van der Waals surface area (Å²) in [4.78, 5) is 38.2. The lowest BCUT2D eigenvalue weighted by atomic mass is 9.75. The van der Waals surface area contributed by atoms with Crippen molar-refractivity contribution in [2.24, 2.45) is 11.3 Å². The molecule has 0 spiro atoms. The highest BCUT2D eigenvalue weighted by Crippen LogP contribution is 2.35. The molecule has 0 saturated heterocycles. The highest BCUT2D eigenvalue weighted by atomic mass is 16.5. The fourth-order valence-corrected chi connectivity index (χ4v) is 5.50. The Morgan fingerprint density at radius 3 is 1.95 bits per heavy atom. The van der Waals surface area contributed by atoms with Crippen LogP contribution in [0.4, 0.5) is 0 Å². The lowest BCUT2D eigenvalue weighted by Crippen LogP contribution is -2.55. The van der Waals surface area contributed by atoms with Crippen LogP contribution >= 0.6 is 0 Å². The topological polar surface area (TPSA) is 116 Å². The van der Waals surface area contributed by atoms with E-state index >= 15 is 0 Å². The van der Waals surface area contributed by atoms with Gasteiger partial charge in [-0.1, -0.05) is 19.9 Å².